The molecule has 2 aromatic heterocycles. The van der Waals surface area contributed by atoms with Gasteiger partial charge in [-0.1, -0.05) is 30.3 Å². The third-order valence-corrected chi connectivity index (χ3v) is 6.17. The van der Waals surface area contributed by atoms with E-state index in [1.807, 2.05) is 18.3 Å². The van der Waals surface area contributed by atoms with Crippen LogP contribution < -0.4 is 5.32 Å². The zero-order chi connectivity index (χ0) is 18.8. The van der Waals surface area contributed by atoms with Crippen LogP contribution in [0.25, 0.3) is 21.8 Å². The molecule has 0 saturated carbocycles. The lowest BCUT2D eigenvalue weighted by molar-refractivity contribution is -0.125. The van der Waals surface area contributed by atoms with Crippen LogP contribution in [0.2, 0.25) is 0 Å². The number of benzene rings is 1. The SMILES string of the molecule is O=C1NC(=O)[C@@H](c2cn3c4c(cccc24)CCC3)[C@@H]1c1c[nH]c2cc#ccc12. The highest BCUT2D eigenvalue weighted by atomic mass is 16.2. The summed E-state index contributed by atoms with van der Waals surface area (Å²) in [5.74, 6) is -1.55. The number of nitrogens with one attached hydrogen (secondary N) is 2. The van der Waals surface area contributed by atoms with Gasteiger partial charge in [0.15, 0.2) is 0 Å². The minimum Gasteiger partial charge on any atom is -0.360 e. The highest BCUT2D eigenvalue weighted by Gasteiger charge is 2.45. The van der Waals surface area contributed by atoms with Crippen molar-refractivity contribution in [1.29, 1.82) is 0 Å². The number of hydrogen-bond donors (Lipinski definition) is 2. The maximum absolute atomic E-state index is 12.9. The Morgan fingerprint density at radius 3 is 2.71 bits per heavy atom. The van der Waals surface area contributed by atoms with Crippen LogP contribution in [0.5, 0.6) is 0 Å². The Hall–Kier alpha value is -3.52. The average Bonchev–Trinajstić information content (AvgIpc) is 3.37. The Balaban J connectivity index is 1.58. The van der Waals surface area contributed by atoms with Gasteiger partial charge in [-0.05, 0) is 35.6 Å². The molecule has 5 heteroatoms. The Labute approximate surface area is 161 Å². The number of nitrogens with zero attached hydrogens (tertiary/aromatic N) is 1. The summed E-state index contributed by atoms with van der Waals surface area (Å²) in [6, 6.07) is 15.8. The van der Waals surface area contributed by atoms with Crippen LogP contribution in [0, 0.1) is 12.1 Å². The lowest BCUT2D eigenvalue weighted by Gasteiger charge is -2.15. The van der Waals surface area contributed by atoms with Crippen molar-refractivity contribution in [3.8, 4) is 0 Å². The molecule has 4 aromatic rings. The van der Waals surface area contributed by atoms with Gasteiger partial charge in [0.25, 0.3) is 0 Å². The largest absolute Gasteiger partial charge is 0.360 e. The second-order valence-corrected chi connectivity index (χ2v) is 7.65. The summed E-state index contributed by atoms with van der Waals surface area (Å²) in [4.78, 5) is 28.9. The highest BCUT2D eigenvalue weighted by Crippen LogP contribution is 2.44. The van der Waals surface area contributed by atoms with Crippen molar-refractivity contribution < 1.29 is 9.59 Å². The van der Waals surface area contributed by atoms with Gasteiger partial charge < -0.3 is 9.55 Å². The number of para-hydroxylation sites is 1. The number of aromatic amines is 1. The van der Waals surface area contributed by atoms with Crippen molar-refractivity contribution >= 4 is 33.6 Å². The van der Waals surface area contributed by atoms with Gasteiger partial charge in [-0.3, -0.25) is 14.9 Å². The lowest BCUT2D eigenvalue weighted by atomic mass is 9.83. The van der Waals surface area contributed by atoms with Gasteiger partial charge in [-0.15, -0.1) is 0 Å². The van der Waals surface area contributed by atoms with Crippen molar-refractivity contribution in [2.45, 2.75) is 31.2 Å². The van der Waals surface area contributed by atoms with E-state index in [0.717, 1.165) is 46.8 Å². The molecule has 4 heterocycles. The third kappa shape index (κ3) is 1.97. The topological polar surface area (TPSA) is 66.9 Å². The zero-order valence-electron chi connectivity index (χ0n) is 15.1. The average molecular weight is 367 g/mol. The molecule has 0 aliphatic carbocycles. The Bertz CT molecular complexity index is 1280. The van der Waals surface area contributed by atoms with Crippen molar-refractivity contribution in [3.63, 3.8) is 0 Å². The van der Waals surface area contributed by atoms with Crippen LogP contribution in [0.15, 0.2) is 42.7 Å². The minimum absolute atomic E-state index is 0.223. The fourth-order valence-corrected chi connectivity index (χ4v) is 4.98. The first-order valence-corrected chi connectivity index (χ1v) is 9.56. The molecule has 0 radical (unpaired) electrons. The number of carbonyl (C=O) groups excluding carboxylic acids is 2. The molecule has 2 N–H and O–H groups in total. The van der Waals surface area contributed by atoms with Crippen molar-refractivity contribution in [1.82, 2.24) is 14.9 Å². The monoisotopic (exact) mass is 367 g/mol. The molecule has 28 heavy (non-hydrogen) atoms. The van der Waals surface area contributed by atoms with Crippen LogP contribution in [-0.2, 0) is 22.6 Å². The minimum atomic E-state index is -0.555. The molecule has 1 fully saturated rings. The fourth-order valence-electron chi connectivity index (χ4n) is 4.98. The van der Waals surface area contributed by atoms with E-state index < -0.39 is 11.8 Å². The lowest BCUT2D eigenvalue weighted by Crippen LogP contribution is -2.21. The van der Waals surface area contributed by atoms with E-state index in [0.29, 0.717) is 0 Å². The van der Waals surface area contributed by atoms with Gasteiger partial charge >= 0.3 is 0 Å². The molecule has 1 saturated heterocycles. The van der Waals surface area contributed by atoms with Crippen LogP contribution in [0.1, 0.15) is 34.9 Å². The standard InChI is InChI=1S/C23H17N3O2/c27-22-19(16-11-24-18-9-2-1-7-14(16)18)20(23(28)25-22)17-12-26-10-4-6-13-5-3-8-15(17)21(13)26/h3,5,7-9,11-12,19-20,24H,4,6,10H2,(H,25,27,28)/t19-,20-/m0/s1. The molecule has 0 unspecified atom stereocenters. The summed E-state index contributed by atoms with van der Waals surface area (Å²) in [6.45, 7) is 0.943. The fraction of sp³-hybridized carbons (Fsp3) is 0.217. The van der Waals surface area contributed by atoms with E-state index in [1.54, 1.807) is 0 Å². The molecule has 5 nitrogen and oxygen atoms in total. The number of imide groups is 1. The number of aryl methyl sites for hydroxylation is 2. The van der Waals surface area contributed by atoms with Crippen molar-refractivity contribution in [3.05, 3.63) is 71.5 Å². The highest BCUT2D eigenvalue weighted by molar-refractivity contribution is 6.13. The summed E-state index contributed by atoms with van der Waals surface area (Å²) in [5.41, 5.74) is 5.18. The first kappa shape index (κ1) is 15.5. The van der Waals surface area contributed by atoms with Gasteiger partial charge in [-0.25, -0.2) is 0 Å². The van der Waals surface area contributed by atoms with Gasteiger partial charge in [0.2, 0.25) is 11.8 Å². The van der Waals surface area contributed by atoms with Gasteiger partial charge in [0.1, 0.15) is 0 Å². The maximum Gasteiger partial charge on any atom is 0.235 e. The number of carbonyl (C=O) groups is 2. The number of rotatable bonds is 2. The zero-order valence-corrected chi connectivity index (χ0v) is 15.1. The molecule has 2 aromatic carbocycles. The predicted molar refractivity (Wildman–Crippen MR) is 105 cm³/mol. The second kappa shape index (κ2) is 5.49. The Kier molecular flexibility index (Phi) is 3.05. The first-order chi connectivity index (χ1) is 13.7. The van der Waals surface area contributed by atoms with Crippen molar-refractivity contribution in [2.24, 2.45) is 0 Å². The molecule has 2 aliphatic rings. The van der Waals surface area contributed by atoms with Gasteiger partial charge in [0, 0.05) is 35.8 Å². The molecule has 0 spiro atoms. The molecule has 2 amide bonds. The van der Waals surface area contributed by atoms with E-state index in [9.17, 15) is 9.59 Å². The maximum atomic E-state index is 12.9. The normalized spacial score (nSPS) is 21.3. The van der Waals surface area contributed by atoms with E-state index in [1.165, 1.54) is 11.1 Å². The number of amides is 2. The van der Waals surface area contributed by atoms with E-state index in [2.05, 4.69) is 51.4 Å². The van der Waals surface area contributed by atoms with Crippen LogP contribution in [0.4, 0.5) is 0 Å². The van der Waals surface area contributed by atoms with Crippen LogP contribution >= 0.6 is 0 Å². The summed E-state index contributed by atoms with van der Waals surface area (Å²) >= 11 is 0. The Morgan fingerprint density at radius 2 is 1.82 bits per heavy atom. The molecular weight excluding hydrogens is 350 g/mol. The third-order valence-electron chi connectivity index (χ3n) is 6.17. The van der Waals surface area contributed by atoms with Crippen LogP contribution in [-0.4, -0.2) is 21.4 Å². The predicted octanol–water partition coefficient (Wildman–Crippen LogP) is 3.19. The van der Waals surface area contributed by atoms with Crippen LogP contribution in [0.3, 0.4) is 0 Å². The molecule has 2 aliphatic heterocycles. The summed E-state index contributed by atoms with van der Waals surface area (Å²) in [7, 11) is 0. The molecule has 6 rings (SSSR count). The molecule has 136 valence electrons. The second-order valence-electron chi connectivity index (χ2n) is 7.65. The summed E-state index contributed by atoms with van der Waals surface area (Å²) < 4.78 is 2.24. The Morgan fingerprint density at radius 1 is 1.00 bits per heavy atom. The smallest absolute Gasteiger partial charge is 0.235 e. The van der Waals surface area contributed by atoms with E-state index in [-0.39, 0.29) is 11.8 Å². The number of hydrogen-bond acceptors (Lipinski definition) is 2. The van der Waals surface area contributed by atoms with Gasteiger partial charge in [0.05, 0.1) is 22.9 Å². The molecule has 2 atom stereocenters. The number of aromatic nitrogens is 2. The summed E-state index contributed by atoms with van der Waals surface area (Å²) in [5, 5.41) is 4.56. The van der Waals surface area contributed by atoms with Crippen molar-refractivity contribution in [2.75, 3.05) is 0 Å². The first-order valence-electron chi connectivity index (χ1n) is 9.56. The van der Waals surface area contributed by atoms with Gasteiger partial charge in [-0.2, -0.15) is 0 Å². The molecular formula is C23H17N3O2. The number of fused-ring (bicyclic) bond motifs is 1. The number of H-pyrrole nitrogens is 1. The molecule has 0 bridgehead atoms. The van der Waals surface area contributed by atoms with E-state index >= 15 is 0 Å². The summed E-state index contributed by atoms with van der Waals surface area (Å²) in [6.07, 6.45) is 6.06. The van der Waals surface area contributed by atoms with E-state index in [4.69, 9.17) is 0 Å². The quantitative estimate of drug-likeness (QED) is 0.534.